The van der Waals surface area contributed by atoms with E-state index in [2.05, 4.69) is 27.7 Å². The lowest BCUT2D eigenvalue weighted by molar-refractivity contribution is -0.134. The third kappa shape index (κ3) is 6.05. The number of hydrogen-bond acceptors (Lipinski definition) is 6. The Morgan fingerprint density at radius 1 is 0.870 bits per heavy atom. The number of carbonyl (C=O) groups is 2. The molecule has 4 fully saturated rings. The molecule has 0 spiro atoms. The highest BCUT2D eigenvalue weighted by atomic mass is 32.2. The normalized spacial score (nSPS) is 34.5. The summed E-state index contributed by atoms with van der Waals surface area (Å²) in [5.41, 5.74) is 1.16. The van der Waals surface area contributed by atoms with Gasteiger partial charge in [0, 0.05) is 0 Å². The van der Waals surface area contributed by atoms with Crippen LogP contribution in [-0.2, 0) is 14.9 Å². The van der Waals surface area contributed by atoms with Crippen molar-refractivity contribution in [2.75, 3.05) is 0 Å². The van der Waals surface area contributed by atoms with Crippen molar-refractivity contribution in [2.24, 2.45) is 46.3 Å². The minimum absolute atomic E-state index is 0.122. The van der Waals surface area contributed by atoms with Crippen molar-refractivity contribution in [1.29, 1.82) is 0 Å². The number of hydrogen-bond donors (Lipinski definition) is 1. The van der Waals surface area contributed by atoms with Gasteiger partial charge in [0.1, 0.15) is 11.0 Å². The maximum Gasteiger partial charge on any atom is 0.343 e. The largest absolute Gasteiger partial charge is 0.459 e. The monoisotopic (exact) mass is 650 g/mol. The average Bonchev–Trinajstić information content (AvgIpc) is 3.38. The summed E-state index contributed by atoms with van der Waals surface area (Å²) in [6.45, 7) is 9.95. The van der Waals surface area contributed by atoms with Gasteiger partial charge in [-0.3, -0.25) is 4.55 Å². The van der Waals surface area contributed by atoms with Crippen LogP contribution >= 0.6 is 0 Å². The third-order valence-corrected chi connectivity index (χ3v) is 13.9. The number of benzene rings is 2. The first-order valence-corrected chi connectivity index (χ1v) is 18.9. The summed E-state index contributed by atoms with van der Waals surface area (Å²) in [7, 11) is -4.56. The summed E-state index contributed by atoms with van der Waals surface area (Å²) in [4.78, 5) is 25.5. The molecule has 0 saturated heterocycles. The van der Waals surface area contributed by atoms with E-state index in [1.165, 1.54) is 93.8 Å². The Morgan fingerprint density at radius 2 is 1.52 bits per heavy atom. The molecule has 46 heavy (non-hydrogen) atoms. The fourth-order valence-corrected chi connectivity index (χ4v) is 11.5. The lowest BCUT2D eigenvalue weighted by Gasteiger charge is -2.61. The first kappa shape index (κ1) is 33.2. The van der Waals surface area contributed by atoms with Gasteiger partial charge in [-0.15, -0.1) is 0 Å². The van der Waals surface area contributed by atoms with E-state index >= 15 is 0 Å². The highest BCUT2D eigenvalue weighted by Gasteiger charge is 2.61. The summed E-state index contributed by atoms with van der Waals surface area (Å²) in [5.74, 6) is 3.19. The third-order valence-electron chi connectivity index (χ3n) is 13.0. The van der Waals surface area contributed by atoms with Gasteiger partial charge in [-0.1, -0.05) is 52.7 Å². The predicted octanol–water partition coefficient (Wildman–Crippen LogP) is 8.77. The maximum absolute atomic E-state index is 13.3. The van der Waals surface area contributed by atoms with E-state index in [0.29, 0.717) is 22.8 Å². The predicted molar refractivity (Wildman–Crippen MR) is 176 cm³/mol. The van der Waals surface area contributed by atoms with Crippen molar-refractivity contribution in [3.8, 4) is 5.75 Å². The number of carbonyl (C=O) groups excluding carboxylic acids is 2. The molecule has 0 aromatic heterocycles. The van der Waals surface area contributed by atoms with Crippen LogP contribution in [0.25, 0.3) is 0 Å². The van der Waals surface area contributed by atoms with Gasteiger partial charge in [0.15, 0.2) is 5.75 Å². The highest BCUT2D eigenvalue weighted by Crippen LogP contribution is 2.68. The Labute approximate surface area is 274 Å². The Kier molecular flexibility index (Phi) is 9.18. The van der Waals surface area contributed by atoms with Gasteiger partial charge in [0.05, 0.1) is 11.1 Å². The summed E-state index contributed by atoms with van der Waals surface area (Å²) in [6.07, 6.45) is 13.5. The van der Waals surface area contributed by atoms with E-state index in [9.17, 15) is 22.6 Å². The van der Waals surface area contributed by atoms with Crippen LogP contribution in [0.1, 0.15) is 119 Å². The molecule has 0 radical (unpaired) electrons. The summed E-state index contributed by atoms with van der Waals surface area (Å²) >= 11 is 0. The van der Waals surface area contributed by atoms with Gasteiger partial charge >= 0.3 is 11.9 Å². The van der Waals surface area contributed by atoms with Crippen molar-refractivity contribution in [3.63, 3.8) is 0 Å². The number of fused-ring (bicyclic) bond motifs is 5. The van der Waals surface area contributed by atoms with E-state index in [1.807, 2.05) is 0 Å². The lowest BCUT2D eigenvalue weighted by atomic mass is 9.44. The van der Waals surface area contributed by atoms with Gasteiger partial charge in [-0.25, -0.2) is 9.59 Å². The Balaban J connectivity index is 1.10. The molecule has 4 aliphatic carbocycles. The van der Waals surface area contributed by atoms with E-state index in [4.69, 9.17) is 9.47 Å². The fraction of sp³-hybridized carbons (Fsp3) is 0.632. The van der Waals surface area contributed by atoms with Crippen LogP contribution in [0.15, 0.2) is 53.4 Å². The number of ether oxygens (including phenoxy) is 2. The standard InChI is InChI=1S/C38H50O7S/c1-5-8-24(2)30-19-20-31-29-18-16-27-15-17-28(23-38(27,4)32(29)21-22-37(30,31)3)44-35(39)25-11-13-26(14-12-25)36(40)45-33-9-6-7-10-34(33)46(41,42)43/h6-7,9-14,24,27-32H,5,8,15-23H2,1-4H3,(H,41,42,43)/t24-,27?,28?,29?,30-,31?,32?,37-,38+/m1/s1. The molecular formula is C38H50O7S. The number of esters is 2. The van der Waals surface area contributed by atoms with Crippen molar-refractivity contribution in [3.05, 3.63) is 59.7 Å². The zero-order valence-corrected chi connectivity index (χ0v) is 28.6. The minimum atomic E-state index is -4.56. The maximum atomic E-state index is 13.3. The molecule has 5 unspecified atom stereocenters. The van der Waals surface area contributed by atoms with Gasteiger partial charge in [-0.05, 0) is 141 Å². The molecule has 2 aromatic rings. The van der Waals surface area contributed by atoms with Crippen LogP contribution in [0.4, 0.5) is 0 Å². The van der Waals surface area contributed by atoms with Crippen LogP contribution in [0.2, 0.25) is 0 Å². The van der Waals surface area contributed by atoms with Gasteiger partial charge in [-0.2, -0.15) is 8.42 Å². The van der Waals surface area contributed by atoms with Gasteiger partial charge in [0.2, 0.25) is 0 Å². The van der Waals surface area contributed by atoms with Crippen molar-refractivity contribution in [1.82, 2.24) is 0 Å². The summed E-state index contributed by atoms with van der Waals surface area (Å²) < 4.78 is 44.1. The number of para-hydroxylation sites is 1. The van der Waals surface area contributed by atoms with E-state index in [0.717, 1.165) is 49.0 Å². The summed E-state index contributed by atoms with van der Waals surface area (Å²) in [6, 6.07) is 11.4. The second kappa shape index (κ2) is 12.7. The minimum Gasteiger partial charge on any atom is -0.459 e. The molecule has 2 aromatic carbocycles. The van der Waals surface area contributed by atoms with Crippen LogP contribution in [0, 0.1) is 46.3 Å². The molecule has 6 rings (SSSR count). The van der Waals surface area contributed by atoms with Crippen LogP contribution in [-0.4, -0.2) is 31.0 Å². The first-order valence-electron chi connectivity index (χ1n) is 17.4. The van der Waals surface area contributed by atoms with Crippen molar-refractivity contribution >= 4 is 22.1 Å². The molecule has 0 aliphatic heterocycles. The SMILES string of the molecule is CCC[C@@H](C)[C@H]1CCC2C3CCC4CCC(OC(=O)c5ccc(C(=O)Oc6ccccc6S(=O)(=O)O)cc5)C[C@]4(C)C3CC[C@@]21C. The second-order valence-electron chi connectivity index (χ2n) is 15.3. The summed E-state index contributed by atoms with van der Waals surface area (Å²) in [5, 5.41) is 0. The Morgan fingerprint density at radius 3 is 2.22 bits per heavy atom. The second-order valence-corrected chi connectivity index (χ2v) is 16.7. The van der Waals surface area contributed by atoms with Gasteiger partial charge < -0.3 is 9.47 Å². The lowest BCUT2D eigenvalue weighted by Crippen LogP contribution is -2.54. The molecule has 9 atom stereocenters. The van der Waals surface area contributed by atoms with E-state index in [1.54, 1.807) is 0 Å². The van der Waals surface area contributed by atoms with Crippen LogP contribution in [0.5, 0.6) is 5.75 Å². The van der Waals surface area contributed by atoms with Crippen LogP contribution in [0.3, 0.4) is 0 Å². The van der Waals surface area contributed by atoms with Crippen LogP contribution < -0.4 is 4.74 Å². The molecule has 0 heterocycles. The zero-order valence-electron chi connectivity index (χ0n) is 27.7. The molecule has 7 nitrogen and oxygen atoms in total. The molecule has 8 heteroatoms. The molecule has 4 saturated carbocycles. The average molecular weight is 651 g/mol. The number of rotatable bonds is 8. The highest BCUT2D eigenvalue weighted by molar-refractivity contribution is 7.86. The van der Waals surface area contributed by atoms with Crippen molar-refractivity contribution < 1.29 is 32.0 Å². The first-order chi connectivity index (χ1) is 21.8. The smallest absolute Gasteiger partial charge is 0.343 e. The fourth-order valence-electron chi connectivity index (χ4n) is 10.9. The van der Waals surface area contributed by atoms with E-state index in [-0.39, 0.29) is 22.8 Å². The topological polar surface area (TPSA) is 107 Å². The van der Waals surface area contributed by atoms with Gasteiger partial charge in [0.25, 0.3) is 10.1 Å². The molecule has 250 valence electrons. The molecular weight excluding hydrogens is 600 g/mol. The molecule has 0 bridgehead atoms. The zero-order chi connectivity index (χ0) is 32.9. The van der Waals surface area contributed by atoms with E-state index < -0.39 is 27.0 Å². The molecule has 1 N–H and O–H groups in total. The molecule has 0 amide bonds. The van der Waals surface area contributed by atoms with Crippen molar-refractivity contribution in [2.45, 2.75) is 109 Å². The Hall–Kier alpha value is -2.71. The quantitative estimate of drug-likeness (QED) is 0.173. The molecule has 4 aliphatic rings. The Bertz CT molecular complexity index is 1550.